The van der Waals surface area contributed by atoms with Crippen molar-refractivity contribution in [2.75, 3.05) is 19.5 Å². The SMILES string of the molecule is COc1cc2c(C)nc(Nc3nc(OC(=O)C(F)(F)F)c4c(OC)cccc4n3)nc2cc1F. The standard InChI is InChI=1S/C21H15F4N5O4/c1-9-10-7-15(33-3)11(22)8-13(10)28-19(26-9)30-20-27-12-5-4-6-14(32-2)16(12)17(29-20)34-18(31)21(23,24)25/h4-8H,1-3H3,(H,26,27,28,29,30). The highest BCUT2D eigenvalue weighted by atomic mass is 19.4. The second kappa shape index (κ2) is 8.57. The lowest BCUT2D eigenvalue weighted by atomic mass is 10.2. The average Bonchev–Trinajstić information content (AvgIpc) is 2.77. The third-order valence-corrected chi connectivity index (χ3v) is 4.68. The molecule has 2 aromatic heterocycles. The minimum absolute atomic E-state index is 0.0165. The summed E-state index contributed by atoms with van der Waals surface area (Å²) in [5.41, 5.74) is 0.812. The molecule has 0 bridgehead atoms. The molecule has 0 saturated carbocycles. The summed E-state index contributed by atoms with van der Waals surface area (Å²) in [6.45, 7) is 1.65. The van der Waals surface area contributed by atoms with E-state index in [9.17, 15) is 22.4 Å². The van der Waals surface area contributed by atoms with Crippen LogP contribution in [-0.2, 0) is 4.79 Å². The number of fused-ring (bicyclic) bond motifs is 2. The van der Waals surface area contributed by atoms with Gasteiger partial charge in [-0.25, -0.2) is 24.1 Å². The smallest absolute Gasteiger partial charge is 0.491 e. The maximum Gasteiger partial charge on any atom is 0.491 e. The molecule has 0 radical (unpaired) electrons. The molecular formula is C21H15F4N5O4. The molecule has 13 heteroatoms. The van der Waals surface area contributed by atoms with E-state index in [0.717, 1.165) is 6.07 Å². The number of rotatable bonds is 5. The highest BCUT2D eigenvalue weighted by Gasteiger charge is 2.42. The van der Waals surface area contributed by atoms with Gasteiger partial charge in [0.25, 0.3) is 0 Å². The predicted octanol–water partition coefficient (Wildman–Crippen LogP) is 4.25. The summed E-state index contributed by atoms with van der Waals surface area (Å²) in [6.07, 6.45) is -5.25. The van der Waals surface area contributed by atoms with Crippen LogP contribution in [-0.4, -0.2) is 46.3 Å². The number of alkyl halides is 3. The summed E-state index contributed by atoms with van der Waals surface area (Å²) >= 11 is 0. The van der Waals surface area contributed by atoms with Crippen molar-refractivity contribution in [3.05, 3.63) is 41.8 Å². The summed E-state index contributed by atoms with van der Waals surface area (Å²) < 4.78 is 67.2. The second-order valence-corrected chi connectivity index (χ2v) is 6.86. The van der Waals surface area contributed by atoms with E-state index in [4.69, 9.17) is 9.47 Å². The van der Waals surface area contributed by atoms with Gasteiger partial charge in [-0.1, -0.05) is 6.07 Å². The molecule has 9 nitrogen and oxygen atoms in total. The zero-order valence-corrected chi connectivity index (χ0v) is 17.8. The van der Waals surface area contributed by atoms with Crippen LogP contribution in [0.2, 0.25) is 0 Å². The largest absolute Gasteiger partial charge is 0.496 e. The minimum atomic E-state index is -5.25. The molecule has 0 aliphatic heterocycles. The van der Waals surface area contributed by atoms with Gasteiger partial charge in [0.15, 0.2) is 11.6 Å². The van der Waals surface area contributed by atoms with E-state index >= 15 is 0 Å². The highest BCUT2D eigenvalue weighted by Crippen LogP contribution is 2.34. The number of aryl methyl sites for hydroxylation is 1. The molecule has 0 aliphatic rings. The molecule has 0 aliphatic carbocycles. The Morgan fingerprint density at radius 2 is 1.62 bits per heavy atom. The molecule has 0 amide bonds. The Kier molecular flexibility index (Phi) is 5.77. The first kappa shape index (κ1) is 22.9. The number of aromatic nitrogens is 4. The number of anilines is 2. The Balaban J connectivity index is 1.80. The Morgan fingerprint density at radius 1 is 0.941 bits per heavy atom. The first-order chi connectivity index (χ1) is 16.1. The van der Waals surface area contributed by atoms with Crippen LogP contribution in [0.5, 0.6) is 17.4 Å². The Bertz CT molecular complexity index is 1430. The van der Waals surface area contributed by atoms with Gasteiger partial charge < -0.3 is 14.2 Å². The lowest BCUT2D eigenvalue weighted by Crippen LogP contribution is -2.28. The van der Waals surface area contributed by atoms with E-state index in [2.05, 4.69) is 30.0 Å². The normalized spacial score (nSPS) is 11.5. The third-order valence-electron chi connectivity index (χ3n) is 4.68. The summed E-state index contributed by atoms with van der Waals surface area (Å²) in [4.78, 5) is 28.0. The molecule has 2 aromatic carbocycles. The van der Waals surface area contributed by atoms with Crippen molar-refractivity contribution in [1.29, 1.82) is 0 Å². The van der Waals surface area contributed by atoms with Gasteiger partial charge in [0.1, 0.15) is 11.1 Å². The number of methoxy groups -OCH3 is 2. The van der Waals surface area contributed by atoms with Crippen molar-refractivity contribution >= 4 is 39.7 Å². The van der Waals surface area contributed by atoms with Crippen molar-refractivity contribution in [2.45, 2.75) is 13.1 Å². The molecule has 34 heavy (non-hydrogen) atoms. The quantitative estimate of drug-likeness (QED) is 0.333. The molecule has 4 rings (SSSR count). The number of carbonyl (C=O) groups excluding carboxylic acids is 1. The van der Waals surface area contributed by atoms with Crippen molar-refractivity contribution in [1.82, 2.24) is 19.9 Å². The number of esters is 1. The van der Waals surface area contributed by atoms with Gasteiger partial charge >= 0.3 is 12.1 Å². The lowest BCUT2D eigenvalue weighted by Gasteiger charge is -2.13. The van der Waals surface area contributed by atoms with Crippen LogP contribution in [0.15, 0.2) is 30.3 Å². The van der Waals surface area contributed by atoms with Crippen molar-refractivity contribution in [2.24, 2.45) is 0 Å². The number of carbonyl (C=O) groups is 1. The van der Waals surface area contributed by atoms with Crippen molar-refractivity contribution in [3.8, 4) is 17.4 Å². The van der Waals surface area contributed by atoms with Gasteiger partial charge in [-0.05, 0) is 25.1 Å². The molecule has 4 aromatic rings. The number of hydrogen-bond donors (Lipinski definition) is 1. The monoisotopic (exact) mass is 477 g/mol. The van der Waals surface area contributed by atoms with E-state index in [1.54, 1.807) is 13.0 Å². The highest BCUT2D eigenvalue weighted by molar-refractivity contribution is 5.93. The van der Waals surface area contributed by atoms with E-state index in [1.165, 1.54) is 32.4 Å². The topological polar surface area (TPSA) is 108 Å². The van der Waals surface area contributed by atoms with Crippen LogP contribution in [0.4, 0.5) is 29.5 Å². The molecule has 0 saturated heterocycles. The molecule has 0 atom stereocenters. The maximum absolute atomic E-state index is 14.1. The van der Waals surface area contributed by atoms with Gasteiger partial charge in [-0.2, -0.15) is 18.2 Å². The number of ether oxygens (including phenoxy) is 3. The molecule has 176 valence electrons. The molecule has 0 fully saturated rings. The fourth-order valence-corrected chi connectivity index (χ4v) is 3.16. The number of hydrogen-bond acceptors (Lipinski definition) is 9. The lowest BCUT2D eigenvalue weighted by molar-refractivity contribution is -0.189. The molecule has 0 spiro atoms. The van der Waals surface area contributed by atoms with Crippen LogP contribution < -0.4 is 19.5 Å². The van der Waals surface area contributed by atoms with Gasteiger partial charge in [0.05, 0.1) is 30.9 Å². The van der Waals surface area contributed by atoms with Crippen LogP contribution >= 0.6 is 0 Å². The average molecular weight is 477 g/mol. The molecule has 1 N–H and O–H groups in total. The zero-order valence-electron chi connectivity index (χ0n) is 17.8. The summed E-state index contributed by atoms with van der Waals surface area (Å²) in [7, 11) is 2.61. The molecular weight excluding hydrogens is 462 g/mol. The van der Waals surface area contributed by atoms with Crippen LogP contribution in [0.3, 0.4) is 0 Å². The van der Waals surface area contributed by atoms with E-state index in [1.807, 2.05) is 0 Å². The van der Waals surface area contributed by atoms with Crippen LogP contribution in [0, 0.1) is 12.7 Å². The number of nitrogens with one attached hydrogen (secondary N) is 1. The van der Waals surface area contributed by atoms with Gasteiger partial charge in [-0.3, -0.25) is 5.32 Å². The first-order valence-corrected chi connectivity index (χ1v) is 9.53. The molecule has 2 heterocycles. The Labute approximate surface area is 188 Å². The van der Waals surface area contributed by atoms with Crippen LogP contribution in [0.25, 0.3) is 21.8 Å². The fourth-order valence-electron chi connectivity index (χ4n) is 3.16. The fraction of sp³-hybridized carbons (Fsp3) is 0.190. The number of halogens is 4. The van der Waals surface area contributed by atoms with E-state index < -0.39 is 23.8 Å². The zero-order chi connectivity index (χ0) is 24.6. The Morgan fingerprint density at radius 3 is 2.29 bits per heavy atom. The first-order valence-electron chi connectivity index (χ1n) is 9.53. The van der Waals surface area contributed by atoms with E-state index in [-0.39, 0.29) is 39.8 Å². The van der Waals surface area contributed by atoms with Crippen molar-refractivity contribution in [3.63, 3.8) is 0 Å². The second-order valence-electron chi connectivity index (χ2n) is 6.86. The predicted molar refractivity (Wildman–Crippen MR) is 112 cm³/mol. The summed E-state index contributed by atoms with van der Waals surface area (Å²) in [5, 5.41) is 3.13. The maximum atomic E-state index is 14.1. The van der Waals surface area contributed by atoms with Crippen molar-refractivity contribution < 1.29 is 36.6 Å². The summed E-state index contributed by atoms with van der Waals surface area (Å²) in [6, 6.07) is 7.04. The van der Waals surface area contributed by atoms with E-state index in [0.29, 0.717) is 11.1 Å². The molecule has 0 unspecified atom stereocenters. The summed E-state index contributed by atoms with van der Waals surface area (Å²) in [5.74, 6) is -4.01. The number of benzene rings is 2. The Hall–Kier alpha value is -4.29. The van der Waals surface area contributed by atoms with Crippen LogP contribution in [0.1, 0.15) is 5.69 Å². The number of nitrogens with zero attached hydrogens (tertiary/aromatic N) is 4. The van der Waals surface area contributed by atoms with Gasteiger partial charge in [0, 0.05) is 11.5 Å². The van der Waals surface area contributed by atoms with Gasteiger partial charge in [0.2, 0.25) is 17.8 Å². The minimum Gasteiger partial charge on any atom is -0.496 e. The third kappa shape index (κ3) is 4.31. The van der Waals surface area contributed by atoms with Gasteiger partial charge in [-0.15, -0.1) is 0 Å².